The van der Waals surface area contributed by atoms with Gasteiger partial charge >= 0.3 is 68.4 Å². The molecular weight excluding hydrogens is 1440 g/mol. The summed E-state index contributed by atoms with van der Waals surface area (Å²) in [6, 6.07) is 14.9. The largest absolute Gasteiger partial charge is 0.545 e. The molecule has 0 unspecified atom stereocenters. The van der Waals surface area contributed by atoms with Gasteiger partial charge in [0, 0.05) is 103 Å². The number of aromatic carboxylic acids is 2. The van der Waals surface area contributed by atoms with Gasteiger partial charge in [-0.15, -0.1) is 24.0 Å². The number of quaternary nitrogens is 1. The summed E-state index contributed by atoms with van der Waals surface area (Å²) in [5.41, 5.74) is 19.7. The third-order valence-corrected chi connectivity index (χ3v) is 4.40. The third kappa shape index (κ3) is 51.1. The molecule has 0 saturated carbocycles. The van der Waals surface area contributed by atoms with Crippen LogP contribution in [0.25, 0.3) is 0 Å². The van der Waals surface area contributed by atoms with Crippen LogP contribution in [0.1, 0.15) is 52.8 Å². The smallest absolute Gasteiger partial charge is 0.335 e. The predicted molar refractivity (Wildman–Crippen MR) is 213 cm³/mol. The van der Waals surface area contributed by atoms with Crippen molar-refractivity contribution in [3.63, 3.8) is 0 Å². The predicted octanol–water partition coefficient (Wildman–Crippen LogP) is 0.993. The van der Waals surface area contributed by atoms with E-state index >= 15 is 0 Å². The average Bonchev–Trinajstić information content (AvgIpc) is 2.99. The Morgan fingerprint density at radius 3 is 1.30 bits per heavy atom. The topological polar surface area (TPSA) is 258 Å². The van der Waals surface area contributed by atoms with E-state index in [-0.39, 0.29) is 102 Å². The minimum absolute atomic E-state index is 0. The first kappa shape index (κ1) is 66.9. The number of carbonyl (C=O) groups is 4. The van der Waals surface area contributed by atoms with Gasteiger partial charge in [-0.25, -0.2) is 4.79 Å². The minimum atomic E-state index is -1.13. The van der Waals surface area contributed by atoms with Crippen molar-refractivity contribution in [3.05, 3.63) is 79.2 Å². The van der Waals surface area contributed by atoms with E-state index in [1.54, 1.807) is 48.5 Å². The molecule has 46 heavy (non-hydrogen) atoms. The number of unbranched alkanes of at least 4 members (excludes halogenated alkanes) is 1. The van der Waals surface area contributed by atoms with Gasteiger partial charge in [0.1, 0.15) is 12.1 Å². The first-order chi connectivity index (χ1) is 19.9. The minimum Gasteiger partial charge on any atom is -0.545 e. The van der Waals surface area contributed by atoms with Crippen molar-refractivity contribution in [1.29, 1.82) is 0 Å². The van der Waals surface area contributed by atoms with Gasteiger partial charge in [-0.1, -0.05) is 55.0 Å². The van der Waals surface area contributed by atoms with Crippen LogP contribution in [0.3, 0.4) is 0 Å². The molecule has 20 heteroatoms. The van der Waals surface area contributed by atoms with Crippen molar-refractivity contribution in [3.8, 4) is 0 Å². The Balaban J connectivity index is -0.0000000647. The van der Waals surface area contributed by atoms with Crippen LogP contribution < -0.4 is 41.3 Å². The van der Waals surface area contributed by atoms with Crippen LogP contribution in [0, 0.1) is 7.43 Å². The zero-order chi connectivity index (χ0) is 33.3. The van der Waals surface area contributed by atoms with E-state index in [4.69, 9.17) is 32.5 Å². The molecule has 2 atom stereocenters. The molecule has 264 valence electrons. The number of aliphatic carboxylic acids is 2. The quantitative estimate of drug-likeness (QED) is 0.0949. The van der Waals surface area contributed by atoms with Gasteiger partial charge in [0.25, 0.3) is 0 Å². The molecule has 0 heterocycles. The molecule has 0 fully saturated rings. The maximum absolute atomic E-state index is 10.2. The summed E-state index contributed by atoms with van der Waals surface area (Å²) in [6.07, 6.45) is 3.48. The zero-order valence-electron chi connectivity index (χ0n) is 25.2. The maximum Gasteiger partial charge on any atom is 0.335 e. The summed E-state index contributed by atoms with van der Waals surface area (Å²) in [7, 11) is 0. The van der Waals surface area contributed by atoms with E-state index in [1.807, 2.05) is 0 Å². The molecule has 0 amide bonds. The summed E-state index contributed by atoms with van der Waals surface area (Å²) in [5.74, 6) is -3.87. The van der Waals surface area contributed by atoms with Gasteiger partial charge in [0.2, 0.25) is 0 Å². The van der Waals surface area contributed by atoms with Crippen molar-refractivity contribution in [2.45, 2.75) is 44.2 Å². The molecule has 0 aliphatic rings. The molecule has 12 nitrogen and oxygen atoms in total. The number of hydrogen-bond donors (Lipinski definition) is 7. The molecular formula is C26H42I6N4O8Y2-2. The maximum atomic E-state index is 10.2. The summed E-state index contributed by atoms with van der Waals surface area (Å²) < 4.78 is 0. The number of halogens is 6. The Kier molecular flexibility index (Phi) is 75.8. The molecule has 2 radical (unpaired) electrons. The molecule has 0 aliphatic heterocycles. The number of carboxylic acid groups (broad SMARTS) is 4. The number of benzene rings is 2. The average molecular weight is 1480 g/mol. The van der Waals surface area contributed by atoms with E-state index in [2.05, 4.69) is 80.2 Å². The Hall–Kier alpha value is 2.75. The molecule has 0 aliphatic carbocycles. The standard InChI is InChI=1S/2C7H6O2.C6H14N2O2.C5H12N2O2.CH3.I3.I2.HI.2Y/c2*8-7(9)6-4-2-1-3-5-6;7-4-2-1-3-5(8)6(9)10;6-3-1-2-4(7)5(8)9;;1-3-2;1-2;;;/h2*1-5H,(H,8,9);5H,1-4,7-8H2,(H,9,10);4H,1-3,6-7H2,(H,8,9);1H3;;;1H;;/q;;;;2*-1;;;;/t;;5-;4-;;;;;;/m..00....../s1. The van der Waals surface area contributed by atoms with Crippen LogP contribution in [-0.2, 0) is 75.0 Å². The Morgan fingerprint density at radius 2 is 1.09 bits per heavy atom. The van der Waals surface area contributed by atoms with Gasteiger partial charge in [0.15, 0.2) is 0 Å². The van der Waals surface area contributed by atoms with Crippen LogP contribution in [0.15, 0.2) is 60.7 Å². The van der Waals surface area contributed by atoms with Crippen LogP contribution in [-0.4, -0.2) is 64.4 Å². The molecule has 0 bridgehead atoms. The second-order valence-electron chi connectivity index (χ2n) is 7.55. The fourth-order valence-corrected chi connectivity index (χ4v) is 2.27. The van der Waals surface area contributed by atoms with Gasteiger partial charge < -0.3 is 55.6 Å². The zero-order valence-corrected chi connectivity index (χ0v) is 43.9. The summed E-state index contributed by atoms with van der Waals surface area (Å²) in [4.78, 5) is 40.5. The molecule has 0 aromatic heterocycles. The summed E-state index contributed by atoms with van der Waals surface area (Å²) >= 11 is 9.54. The first-order valence-electron chi connectivity index (χ1n) is 11.9. The van der Waals surface area contributed by atoms with E-state index in [0.717, 1.165) is 25.8 Å². The van der Waals surface area contributed by atoms with Gasteiger partial charge in [-0.2, -0.15) is 0 Å². The van der Waals surface area contributed by atoms with Crippen molar-refractivity contribution >= 4 is 122 Å². The van der Waals surface area contributed by atoms with E-state index in [1.165, 1.54) is 12.1 Å². The van der Waals surface area contributed by atoms with Gasteiger partial charge in [0.05, 0.1) is 18.1 Å². The second-order valence-corrected chi connectivity index (χ2v) is 23.8. The first-order valence-corrected chi connectivity index (χ1v) is 30.8. The normalized spacial score (nSPS) is 9.48. The summed E-state index contributed by atoms with van der Waals surface area (Å²) in [6.45, 7) is 1.35. The van der Waals surface area contributed by atoms with Crippen LogP contribution >= 0.6 is 98.4 Å². The fourth-order valence-electron chi connectivity index (χ4n) is 2.27. The summed E-state index contributed by atoms with van der Waals surface area (Å²) in [5, 5.41) is 35.1. The molecule has 0 spiro atoms. The molecule has 0 saturated heterocycles. The number of nitrogens with two attached hydrogens (primary N) is 3. The molecule has 2 aromatic rings. The number of rotatable bonds is 11. The van der Waals surface area contributed by atoms with Gasteiger partial charge in [-0.3, -0.25) is 9.59 Å². The van der Waals surface area contributed by atoms with Gasteiger partial charge in [-0.05, 0) is 49.9 Å². The van der Waals surface area contributed by atoms with Crippen molar-refractivity contribution in [2.24, 2.45) is 17.2 Å². The van der Waals surface area contributed by atoms with Crippen molar-refractivity contribution in [1.82, 2.24) is 0 Å². The van der Waals surface area contributed by atoms with Crippen molar-refractivity contribution < 1.29 is 124 Å². The Labute approximate surface area is 392 Å². The van der Waals surface area contributed by atoms with Crippen molar-refractivity contribution in [2.75, 3.05) is 13.1 Å². The monoisotopic (exact) mass is 1480 g/mol. The molecule has 12 N–H and O–H groups in total. The second kappa shape index (κ2) is 52.1. The van der Waals surface area contributed by atoms with E-state index < -0.39 is 36.0 Å². The number of carbonyl (C=O) groups excluding carboxylic acids is 1. The van der Waals surface area contributed by atoms with E-state index in [9.17, 15) is 24.3 Å². The van der Waals surface area contributed by atoms with Crippen LogP contribution in [0.4, 0.5) is 0 Å². The Morgan fingerprint density at radius 1 is 0.761 bits per heavy atom. The van der Waals surface area contributed by atoms with Crippen LogP contribution in [0.2, 0.25) is 0 Å². The number of hydrogen-bond acceptors (Lipinski definition) is 8. The molecule has 2 aromatic carbocycles. The van der Waals surface area contributed by atoms with E-state index in [0.29, 0.717) is 38.2 Å². The SMILES string of the molecule is I.II.I[I-]I.NCCCC[C@H](N)C(=O)O.N[C@@H](CCC[NH3+])C(=O)O.O=C(O)c1ccccc1.O=C([O-])c1ccccc1.[CH3-].[Y].[Y]. The fraction of sp³-hybridized carbons (Fsp3) is 0.346. The Bertz CT molecular complexity index is 902. The number of carboxylic acids is 4. The molecule has 2 rings (SSSR count). The third-order valence-electron chi connectivity index (χ3n) is 4.40. The van der Waals surface area contributed by atoms with Crippen LogP contribution in [0.5, 0.6) is 0 Å².